The van der Waals surface area contributed by atoms with Crippen molar-refractivity contribution >= 4 is 17.8 Å². The second-order valence-electron chi connectivity index (χ2n) is 4.08. The van der Waals surface area contributed by atoms with E-state index in [1.54, 1.807) is 0 Å². The first kappa shape index (κ1) is 13.5. The van der Waals surface area contributed by atoms with Gasteiger partial charge in [0.05, 0.1) is 5.71 Å². The highest BCUT2D eigenvalue weighted by Crippen LogP contribution is 2.06. The number of nitrogens with one attached hydrogen (secondary N) is 1. The van der Waals surface area contributed by atoms with E-state index < -0.39 is 6.03 Å². The van der Waals surface area contributed by atoms with E-state index in [1.807, 2.05) is 72.8 Å². The summed E-state index contributed by atoms with van der Waals surface area (Å²) in [5.41, 5.74) is 9.88. The van der Waals surface area contributed by atoms with E-state index in [0.29, 0.717) is 5.71 Å². The van der Waals surface area contributed by atoms with E-state index in [2.05, 4.69) is 10.5 Å². The summed E-state index contributed by atoms with van der Waals surface area (Å²) >= 11 is 0. The maximum absolute atomic E-state index is 10.8. The summed E-state index contributed by atoms with van der Waals surface area (Å²) in [5, 5.41) is 4.01. The maximum Gasteiger partial charge on any atom is 0.332 e. The van der Waals surface area contributed by atoms with Gasteiger partial charge in [0.2, 0.25) is 0 Å². The standard InChI is InChI=1S/C16H15N3O/c17-16(20)19-18-15(14-9-5-2-6-10-14)12-11-13-7-3-1-4-8-13/h1-12H,(H3,17,19,20)/b12-11+,18-15+. The van der Waals surface area contributed by atoms with Crippen LogP contribution in [0.15, 0.2) is 71.8 Å². The van der Waals surface area contributed by atoms with Crippen molar-refractivity contribution in [1.82, 2.24) is 5.43 Å². The molecule has 2 amide bonds. The normalized spacial score (nSPS) is 11.5. The van der Waals surface area contributed by atoms with Crippen molar-refractivity contribution in [2.45, 2.75) is 0 Å². The molecular weight excluding hydrogens is 250 g/mol. The van der Waals surface area contributed by atoms with Gasteiger partial charge < -0.3 is 5.73 Å². The van der Waals surface area contributed by atoms with Gasteiger partial charge in [0.1, 0.15) is 0 Å². The Hall–Kier alpha value is -2.88. The van der Waals surface area contributed by atoms with E-state index >= 15 is 0 Å². The maximum atomic E-state index is 10.8. The van der Waals surface area contributed by atoms with E-state index in [-0.39, 0.29) is 0 Å². The lowest BCUT2D eigenvalue weighted by molar-refractivity contribution is 0.249. The third-order valence-corrected chi connectivity index (χ3v) is 2.59. The lowest BCUT2D eigenvalue weighted by atomic mass is 10.1. The Morgan fingerprint density at radius 3 is 2.20 bits per heavy atom. The average molecular weight is 265 g/mol. The molecule has 0 fully saturated rings. The summed E-state index contributed by atoms with van der Waals surface area (Å²) in [4.78, 5) is 10.8. The van der Waals surface area contributed by atoms with Crippen LogP contribution in [0.3, 0.4) is 0 Å². The fourth-order valence-corrected chi connectivity index (χ4v) is 1.66. The second kappa shape index (κ2) is 6.89. The molecule has 3 N–H and O–H groups in total. The fourth-order valence-electron chi connectivity index (χ4n) is 1.66. The van der Waals surface area contributed by atoms with Gasteiger partial charge in [-0.25, -0.2) is 10.2 Å². The van der Waals surface area contributed by atoms with Gasteiger partial charge in [-0.05, 0) is 11.6 Å². The number of hydrogen-bond donors (Lipinski definition) is 2. The summed E-state index contributed by atoms with van der Waals surface area (Å²) in [6, 6.07) is 18.7. The molecule has 0 aliphatic rings. The Kier molecular flexibility index (Phi) is 4.67. The molecule has 4 heteroatoms. The third-order valence-electron chi connectivity index (χ3n) is 2.59. The molecule has 2 aromatic carbocycles. The van der Waals surface area contributed by atoms with Gasteiger partial charge in [0.25, 0.3) is 0 Å². The Morgan fingerprint density at radius 2 is 1.60 bits per heavy atom. The van der Waals surface area contributed by atoms with E-state index in [9.17, 15) is 4.79 Å². The molecule has 4 nitrogen and oxygen atoms in total. The molecule has 0 saturated heterocycles. The number of hydrogen-bond acceptors (Lipinski definition) is 2. The van der Waals surface area contributed by atoms with Crippen molar-refractivity contribution in [2.75, 3.05) is 0 Å². The van der Waals surface area contributed by atoms with Gasteiger partial charge in [0, 0.05) is 5.56 Å². The molecule has 0 heterocycles. The van der Waals surface area contributed by atoms with Crippen LogP contribution in [0.2, 0.25) is 0 Å². The van der Waals surface area contributed by atoms with Crippen LogP contribution in [0.5, 0.6) is 0 Å². The van der Waals surface area contributed by atoms with Crippen molar-refractivity contribution in [3.63, 3.8) is 0 Å². The molecule has 20 heavy (non-hydrogen) atoms. The van der Waals surface area contributed by atoms with Crippen LogP contribution in [-0.4, -0.2) is 11.7 Å². The number of nitrogens with two attached hydrogens (primary N) is 1. The first-order valence-electron chi connectivity index (χ1n) is 6.17. The van der Waals surface area contributed by atoms with E-state index in [4.69, 9.17) is 5.73 Å². The first-order valence-corrected chi connectivity index (χ1v) is 6.17. The molecule has 0 atom stereocenters. The zero-order chi connectivity index (χ0) is 14.2. The third kappa shape index (κ3) is 4.10. The number of carbonyl (C=O) groups excluding carboxylic acids is 1. The molecule has 0 radical (unpaired) electrons. The monoisotopic (exact) mass is 265 g/mol. The SMILES string of the molecule is NC(=O)N/N=C(\C=C\c1ccccc1)c1ccccc1. The molecule has 0 aliphatic heterocycles. The Labute approximate surface area is 117 Å². The van der Waals surface area contributed by atoms with Crippen molar-refractivity contribution in [1.29, 1.82) is 0 Å². The smallest absolute Gasteiger partial charge is 0.332 e. The molecule has 0 unspecified atom stereocenters. The van der Waals surface area contributed by atoms with Crippen LogP contribution in [0, 0.1) is 0 Å². The number of carbonyl (C=O) groups is 1. The molecule has 2 rings (SSSR count). The van der Waals surface area contributed by atoms with Crippen LogP contribution in [0.25, 0.3) is 6.08 Å². The van der Waals surface area contributed by atoms with Gasteiger partial charge in [0.15, 0.2) is 0 Å². The van der Waals surface area contributed by atoms with Crippen molar-refractivity contribution < 1.29 is 4.79 Å². The number of nitrogens with zero attached hydrogens (tertiary/aromatic N) is 1. The lowest BCUT2D eigenvalue weighted by Gasteiger charge is -2.02. The number of rotatable bonds is 4. The Balaban J connectivity index is 2.26. The highest BCUT2D eigenvalue weighted by atomic mass is 16.2. The number of hydrazone groups is 1. The minimum Gasteiger partial charge on any atom is -0.350 e. The van der Waals surface area contributed by atoms with Crippen molar-refractivity contribution in [3.05, 3.63) is 77.9 Å². The fraction of sp³-hybridized carbons (Fsp3) is 0. The predicted molar refractivity (Wildman–Crippen MR) is 81.2 cm³/mol. The number of allylic oxidation sites excluding steroid dienone is 1. The average Bonchev–Trinajstić information content (AvgIpc) is 2.49. The summed E-state index contributed by atoms with van der Waals surface area (Å²) < 4.78 is 0. The van der Waals surface area contributed by atoms with Crippen LogP contribution in [0.4, 0.5) is 4.79 Å². The van der Waals surface area contributed by atoms with Gasteiger partial charge in [-0.2, -0.15) is 5.10 Å². The lowest BCUT2D eigenvalue weighted by Crippen LogP contribution is -2.25. The van der Waals surface area contributed by atoms with Crippen molar-refractivity contribution in [3.8, 4) is 0 Å². The number of benzene rings is 2. The summed E-state index contributed by atoms with van der Waals surface area (Å²) in [5.74, 6) is 0. The second-order valence-corrected chi connectivity index (χ2v) is 4.08. The van der Waals surface area contributed by atoms with Gasteiger partial charge >= 0.3 is 6.03 Å². The van der Waals surface area contributed by atoms with Crippen LogP contribution in [0.1, 0.15) is 11.1 Å². The number of urea groups is 1. The highest BCUT2D eigenvalue weighted by molar-refractivity contribution is 6.10. The minimum absolute atomic E-state index is 0.633. The molecule has 0 saturated carbocycles. The summed E-state index contributed by atoms with van der Waals surface area (Å²) in [6.45, 7) is 0. The van der Waals surface area contributed by atoms with Crippen LogP contribution >= 0.6 is 0 Å². The number of primary amides is 1. The predicted octanol–water partition coefficient (Wildman–Crippen LogP) is 2.77. The zero-order valence-corrected chi connectivity index (χ0v) is 10.9. The van der Waals surface area contributed by atoms with Crippen molar-refractivity contribution in [2.24, 2.45) is 10.8 Å². The zero-order valence-electron chi connectivity index (χ0n) is 10.9. The largest absolute Gasteiger partial charge is 0.350 e. The molecule has 2 aromatic rings. The topological polar surface area (TPSA) is 67.5 Å². The molecular formula is C16H15N3O. The summed E-state index contributed by atoms with van der Waals surface area (Å²) in [7, 11) is 0. The van der Waals surface area contributed by atoms with E-state index in [1.165, 1.54) is 0 Å². The molecule has 0 spiro atoms. The quantitative estimate of drug-likeness (QED) is 0.647. The van der Waals surface area contributed by atoms with Gasteiger partial charge in [-0.1, -0.05) is 66.7 Å². The molecule has 0 bridgehead atoms. The van der Waals surface area contributed by atoms with E-state index in [0.717, 1.165) is 11.1 Å². The first-order chi connectivity index (χ1) is 9.75. The Morgan fingerprint density at radius 1 is 1.00 bits per heavy atom. The van der Waals surface area contributed by atoms with Gasteiger partial charge in [-0.15, -0.1) is 0 Å². The highest BCUT2D eigenvalue weighted by Gasteiger charge is 1.99. The summed E-state index contributed by atoms with van der Waals surface area (Å²) in [6.07, 6.45) is 3.76. The molecule has 0 aromatic heterocycles. The minimum atomic E-state index is -0.688. The van der Waals surface area contributed by atoms with Gasteiger partial charge in [-0.3, -0.25) is 0 Å². The van der Waals surface area contributed by atoms with Crippen LogP contribution in [-0.2, 0) is 0 Å². The molecule has 100 valence electrons. The van der Waals surface area contributed by atoms with Crippen LogP contribution < -0.4 is 11.2 Å². The molecule has 0 aliphatic carbocycles. The number of amides is 2. The Bertz CT molecular complexity index is 619.